The van der Waals surface area contributed by atoms with Gasteiger partial charge in [-0.25, -0.2) is 0 Å². The number of para-hydroxylation sites is 2. The predicted molar refractivity (Wildman–Crippen MR) is 88.3 cm³/mol. The molecule has 2 N–H and O–H groups in total. The fraction of sp³-hybridized carbons (Fsp3) is 0.167. The van der Waals surface area contributed by atoms with E-state index in [-0.39, 0.29) is 0 Å². The van der Waals surface area contributed by atoms with E-state index >= 15 is 0 Å². The molecule has 1 aromatic heterocycles. The van der Waals surface area contributed by atoms with Gasteiger partial charge in [-0.2, -0.15) is 0 Å². The largest absolute Gasteiger partial charge is 0.383 e. The Morgan fingerprint density at radius 2 is 1.81 bits per heavy atom. The van der Waals surface area contributed by atoms with E-state index < -0.39 is 0 Å². The molecule has 2 aromatic carbocycles. The minimum absolute atomic E-state index is 1.01. The maximum Gasteiger partial charge on any atom is 0.0936 e. The van der Waals surface area contributed by atoms with Crippen LogP contribution in [0, 0.1) is 0 Å². The van der Waals surface area contributed by atoms with Crippen molar-refractivity contribution in [2.24, 2.45) is 0 Å². The average molecular weight is 275 g/mol. The number of rotatable bonds is 2. The Morgan fingerprint density at radius 1 is 0.952 bits per heavy atom. The topological polar surface area (TPSA) is 37.0 Å². The maximum absolute atomic E-state index is 4.51. The van der Waals surface area contributed by atoms with Crippen molar-refractivity contribution in [3.05, 3.63) is 60.3 Å². The van der Waals surface area contributed by atoms with Crippen molar-refractivity contribution in [3.63, 3.8) is 0 Å². The van der Waals surface area contributed by atoms with Gasteiger partial charge in [-0.3, -0.25) is 4.98 Å². The summed E-state index contributed by atoms with van der Waals surface area (Å²) in [7, 11) is 0. The summed E-state index contributed by atoms with van der Waals surface area (Å²) in [4.78, 5) is 4.51. The average Bonchev–Trinajstić information content (AvgIpc) is 2.56. The van der Waals surface area contributed by atoms with Crippen LogP contribution < -0.4 is 10.6 Å². The molecule has 0 amide bonds. The number of aryl methyl sites for hydroxylation is 1. The van der Waals surface area contributed by atoms with Gasteiger partial charge in [0.1, 0.15) is 0 Å². The number of aromatic nitrogens is 1. The number of fused-ring (bicyclic) bond motifs is 2. The van der Waals surface area contributed by atoms with Crippen LogP contribution in [0.4, 0.5) is 17.1 Å². The first-order valence-electron chi connectivity index (χ1n) is 7.38. The highest BCUT2D eigenvalue weighted by atomic mass is 15.0. The number of anilines is 3. The van der Waals surface area contributed by atoms with Gasteiger partial charge in [-0.05, 0) is 36.6 Å². The molecule has 0 unspecified atom stereocenters. The van der Waals surface area contributed by atoms with Gasteiger partial charge >= 0.3 is 0 Å². The number of nitrogens with one attached hydrogen (secondary N) is 2. The third-order valence-corrected chi connectivity index (χ3v) is 3.98. The smallest absolute Gasteiger partial charge is 0.0936 e. The van der Waals surface area contributed by atoms with Gasteiger partial charge in [0.2, 0.25) is 0 Å². The monoisotopic (exact) mass is 275 g/mol. The van der Waals surface area contributed by atoms with Crippen molar-refractivity contribution in [2.45, 2.75) is 12.8 Å². The summed E-state index contributed by atoms with van der Waals surface area (Å²) < 4.78 is 0. The van der Waals surface area contributed by atoms with E-state index in [0.29, 0.717) is 0 Å². The Kier molecular flexibility index (Phi) is 2.96. The first-order valence-corrected chi connectivity index (χ1v) is 7.38. The van der Waals surface area contributed by atoms with Crippen LogP contribution in [0.15, 0.2) is 54.7 Å². The van der Waals surface area contributed by atoms with E-state index in [4.69, 9.17) is 0 Å². The number of hydrogen-bond acceptors (Lipinski definition) is 3. The molecule has 0 radical (unpaired) electrons. The summed E-state index contributed by atoms with van der Waals surface area (Å²) in [5, 5.41) is 8.22. The standard InChI is InChI=1S/C18H17N3/c1-5-13-7-3-11-19-17(13)15(9-1)21-16-10-2-6-14-8-4-12-20-18(14)16/h1-3,5-7,9-11,20-21H,4,8,12H2. The highest BCUT2D eigenvalue weighted by molar-refractivity contribution is 5.93. The molecule has 1 aliphatic heterocycles. The van der Waals surface area contributed by atoms with Crippen molar-refractivity contribution in [1.82, 2.24) is 4.98 Å². The molecule has 21 heavy (non-hydrogen) atoms. The van der Waals surface area contributed by atoms with E-state index in [0.717, 1.165) is 35.2 Å². The number of hydrogen-bond donors (Lipinski definition) is 2. The number of benzene rings is 2. The van der Waals surface area contributed by atoms with Crippen molar-refractivity contribution >= 4 is 28.0 Å². The highest BCUT2D eigenvalue weighted by Crippen LogP contribution is 2.33. The Labute approximate surface area is 124 Å². The lowest BCUT2D eigenvalue weighted by molar-refractivity contribution is 0.831. The van der Waals surface area contributed by atoms with Crippen LogP contribution in [0.3, 0.4) is 0 Å². The second-order valence-electron chi connectivity index (χ2n) is 5.38. The zero-order valence-electron chi connectivity index (χ0n) is 11.8. The van der Waals surface area contributed by atoms with Gasteiger partial charge in [0.15, 0.2) is 0 Å². The summed E-state index contributed by atoms with van der Waals surface area (Å²) in [6.45, 7) is 1.04. The van der Waals surface area contributed by atoms with Crippen LogP contribution in [0.1, 0.15) is 12.0 Å². The van der Waals surface area contributed by atoms with Gasteiger partial charge < -0.3 is 10.6 Å². The molecule has 3 heteroatoms. The molecular weight excluding hydrogens is 258 g/mol. The fourth-order valence-corrected chi connectivity index (χ4v) is 2.96. The van der Waals surface area contributed by atoms with Crippen LogP contribution in [-0.2, 0) is 6.42 Å². The van der Waals surface area contributed by atoms with Crippen LogP contribution in [0.5, 0.6) is 0 Å². The lowest BCUT2D eigenvalue weighted by atomic mass is 10.0. The normalized spacial score (nSPS) is 13.5. The van der Waals surface area contributed by atoms with Crippen LogP contribution >= 0.6 is 0 Å². The second-order valence-corrected chi connectivity index (χ2v) is 5.38. The molecule has 1 aliphatic rings. The Morgan fingerprint density at radius 3 is 2.81 bits per heavy atom. The predicted octanol–water partition coefficient (Wildman–Crippen LogP) is 4.34. The summed E-state index contributed by atoms with van der Waals surface area (Å²) in [5.74, 6) is 0. The summed E-state index contributed by atoms with van der Waals surface area (Å²) in [6.07, 6.45) is 4.18. The SMILES string of the molecule is c1cc2c(c(Nc3cccc4cccnc34)c1)NCCC2. The van der Waals surface area contributed by atoms with E-state index in [9.17, 15) is 0 Å². The molecule has 0 fully saturated rings. The van der Waals surface area contributed by atoms with Gasteiger partial charge in [0, 0.05) is 18.1 Å². The lowest BCUT2D eigenvalue weighted by Gasteiger charge is -2.22. The minimum atomic E-state index is 1.01. The Bertz CT molecular complexity index is 790. The zero-order valence-corrected chi connectivity index (χ0v) is 11.8. The van der Waals surface area contributed by atoms with E-state index in [1.54, 1.807) is 0 Å². The van der Waals surface area contributed by atoms with Crippen molar-refractivity contribution in [1.29, 1.82) is 0 Å². The molecule has 0 saturated carbocycles. The van der Waals surface area contributed by atoms with Crippen LogP contribution in [-0.4, -0.2) is 11.5 Å². The molecular formula is C18H17N3. The molecule has 0 aliphatic carbocycles. The molecule has 3 aromatic rings. The molecule has 2 heterocycles. The van der Waals surface area contributed by atoms with Crippen molar-refractivity contribution < 1.29 is 0 Å². The van der Waals surface area contributed by atoms with Gasteiger partial charge in [-0.15, -0.1) is 0 Å². The van der Waals surface area contributed by atoms with Crippen LogP contribution in [0.25, 0.3) is 10.9 Å². The summed E-state index contributed by atoms with van der Waals surface area (Å²) in [5.41, 5.74) is 5.81. The molecule has 0 saturated heterocycles. The first kappa shape index (κ1) is 12.2. The second kappa shape index (κ2) is 5.09. The molecule has 4 rings (SSSR count). The quantitative estimate of drug-likeness (QED) is 0.730. The third-order valence-electron chi connectivity index (χ3n) is 3.98. The molecule has 0 bridgehead atoms. The fourth-order valence-electron chi connectivity index (χ4n) is 2.96. The van der Waals surface area contributed by atoms with Gasteiger partial charge in [-0.1, -0.05) is 30.3 Å². The number of pyridine rings is 1. The molecule has 0 spiro atoms. The van der Waals surface area contributed by atoms with Crippen molar-refractivity contribution in [2.75, 3.05) is 17.2 Å². The third kappa shape index (κ3) is 2.21. The number of nitrogens with zero attached hydrogens (tertiary/aromatic N) is 1. The summed E-state index contributed by atoms with van der Waals surface area (Å²) >= 11 is 0. The minimum Gasteiger partial charge on any atom is -0.383 e. The molecule has 104 valence electrons. The highest BCUT2D eigenvalue weighted by Gasteiger charge is 2.13. The molecule has 3 nitrogen and oxygen atoms in total. The summed E-state index contributed by atoms with van der Waals surface area (Å²) in [6, 6.07) is 16.7. The molecule has 0 atom stereocenters. The van der Waals surface area contributed by atoms with Gasteiger partial charge in [0.05, 0.1) is 22.6 Å². The maximum atomic E-state index is 4.51. The zero-order chi connectivity index (χ0) is 14.1. The van der Waals surface area contributed by atoms with E-state index in [1.807, 2.05) is 12.3 Å². The van der Waals surface area contributed by atoms with Crippen molar-refractivity contribution in [3.8, 4) is 0 Å². The van der Waals surface area contributed by atoms with Gasteiger partial charge in [0.25, 0.3) is 0 Å². The van der Waals surface area contributed by atoms with E-state index in [2.05, 4.69) is 58.1 Å². The first-order chi connectivity index (χ1) is 10.4. The van der Waals surface area contributed by atoms with E-state index in [1.165, 1.54) is 17.7 Å². The Hall–Kier alpha value is -2.55. The van der Waals surface area contributed by atoms with Crippen LogP contribution in [0.2, 0.25) is 0 Å². The lowest BCUT2D eigenvalue weighted by Crippen LogP contribution is -2.13. The Balaban J connectivity index is 1.79.